The fraction of sp³-hybridized carbons (Fsp3) is 0.150. The summed E-state index contributed by atoms with van der Waals surface area (Å²) in [6, 6.07) is 22.7. The Bertz CT molecular complexity index is 853. The number of anilines is 1. The highest BCUT2D eigenvalue weighted by atomic mass is 35.5. The fourth-order valence-corrected chi connectivity index (χ4v) is 2.68. The van der Waals surface area contributed by atoms with Crippen LogP contribution in [0.5, 0.6) is 0 Å². The third-order valence-electron chi connectivity index (χ3n) is 4.03. The van der Waals surface area contributed by atoms with E-state index in [2.05, 4.69) is 48.3 Å². The van der Waals surface area contributed by atoms with Crippen molar-refractivity contribution < 1.29 is 0 Å². The van der Waals surface area contributed by atoms with E-state index in [1.807, 2.05) is 42.3 Å². The monoisotopic (exact) mass is 339 g/mol. The number of guanidine groups is 1. The van der Waals surface area contributed by atoms with Crippen molar-refractivity contribution in [2.45, 2.75) is 13.3 Å². The molecule has 0 amide bonds. The lowest BCUT2D eigenvalue weighted by Gasteiger charge is -2.20. The van der Waals surface area contributed by atoms with E-state index in [9.17, 15) is 0 Å². The lowest BCUT2D eigenvalue weighted by Crippen LogP contribution is -2.33. The Morgan fingerprint density at radius 2 is 1.71 bits per heavy atom. The molecular weight excluding hydrogens is 318 g/mol. The first kappa shape index (κ1) is 17.8. The summed E-state index contributed by atoms with van der Waals surface area (Å²) < 4.78 is 0. The molecule has 0 fully saturated rings. The van der Waals surface area contributed by atoms with Crippen molar-refractivity contribution in [2.24, 2.45) is 10.7 Å². The normalized spacial score (nSPS) is 11.2. The fourth-order valence-electron chi connectivity index (χ4n) is 2.68. The molecule has 0 saturated carbocycles. The molecule has 0 radical (unpaired) electrons. The molecule has 0 aliphatic carbocycles. The van der Waals surface area contributed by atoms with E-state index in [-0.39, 0.29) is 12.4 Å². The van der Waals surface area contributed by atoms with Crippen LogP contribution in [0.25, 0.3) is 10.8 Å². The molecule has 24 heavy (non-hydrogen) atoms. The van der Waals surface area contributed by atoms with Crippen LogP contribution in [-0.4, -0.2) is 13.0 Å². The molecule has 3 nitrogen and oxygen atoms in total. The van der Waals surface area contributed by atoms with Crippen molar-refractivity contribution in [1.29, 1.82) is 0 Å². The summed E-state index contributed by atoms with van der Waals surface area (Å²) >= 11 is 0. The minimum absolute atomic E-state index is 0. The first-order chi connectivity index (χ1) is 11.2. The van der Waals surface area contributed by atoms with Gasteiger partial charge in [0.25, 0.3) is 0 Å². The van der Waals surface area contributed by atoms with Crippen LogP contribution in [0.4, 0.5) is 11.4 Å². The van der Waals surface area contributed by atoms with Gasteiger partial charge in [0.2, 0.25) is 5.96 Å². The van der Waals surface area contributed by atoms with E-state index in [1.165, 1.54) is 10.9 Å². The van der Waals surface area contributed by atoms with Crippen molar-refractivity contribution in [2.75, 3.05) is 11.9 Å². The first-order valence-electron chi connectivity index (χ1n) is 7.83. The summed E-state index contributed by atoms with van der Waals surface area (Å²) in [5, 5.41) is 2.36. The Labute approximate surface area is 149 Å². The molecule has 0 bridgehead atoms. The molecule has 0 aliphatic rings. The van der Waals surface area contributed by atoms with Crippen molar-refractivity contribution in [1.82, 2.24) is 0 Å². The highest BCUT2D eigenvalue weighted by Crippen LogP contribution is 2.26. The molecular formula is C20H22ClN3. The smallest absolute Gasteiger partial charge is 0.200 e. The molecule has 3 rings (SSSR count). The maximum absolute atomic E-state index is 6.24. The topological polar surface area (TPSA) is 41.6 Å². The molecule has 4 heteroatoms. The number of nitrogens with two attached hydrogens (primary N) is 1. The largest absolute Gasteiger partial charge is 0.369 e. The lowest BCUT2D eigenvalue weighted by atomic mass is 10.1. The highest BCUT2D eigenvalue weighted by Gasteiger charge is 2.09. The predicted octanol–water partition coefficient (Wildman–Crippen LogP) is 4.91. The summed E-state index contributed by atoms with van der Waals surface area (Å²) in [6.07, 6.45) is 0.989. The van der Waals surface area contributed by atoms with Gasteiger partial charge in [-0.25, -0.2) is 4.99 Å². The zero-order chi connectivity index (χ0) is 16.2. The minimum atomic E-state index is 0. The Kier molecular flexibility index (Phi) is 5.83. The van der Waals surface area contributed by atoms with E-state index in [0.29, 0.717) is 5.96 Å². The van der Waals surface area contributed by atoms with Gasteiger partial charge in [-0.2, -0.15) is 0 Å². The Balaban J connectivity index is 0.00000208. The number of benzene rings is 3. The van der Waals surface area contributed by atoms with Crippen LogP contribution in [0, 0.1) is 0 Å². The second kappa shape index (κ2) is 7.84. The first-order valence-corrected chi connectivity index (χ1v) is 7.83. The van der Waals surface area contributed by atoms with E-state index in [0.717, 1.165) is 23.2 Å². The number of halogens is 1. The lowest BCUT2D eigenvalue weighted by molar-refractivity contribution is 1.14. The molecule has 0 aliphatic heterocycles. The van der Waals surface area contributed by atoms with Crippen LogP contribution in [0.1, 0.15) is 12.5 Å². The van der Waals surface area contributed by atoms with Crippen LogP contribution < -0.4 is 10.6 Å². The summed E-state index contributed by atoms with van der Waals surface area (Å²) in [5.41, 5.74) is 9.43. The molecule has 0 atom stereocenters. The number of hydrogen-bond acceptors (Lipinski definition) is 1. The molecule has 0 saturated heterocycles. The summed E-state index contributed by atoms with van der Waals surface area (Å²) in [4.78, 5) is 6.50. The van der Waals surface area contributed by atoms with Crippen LogP contribution in [0.2, 0.25) is 0 Å². The SMILES string of the molecule is CCc1cccc(N=C(N)N(C)c2cccc3ccccc23)c1.Cl. The van der Waals surface area contributed by atoms with Crippen molar-refractivity contribution in [3.8, 4) is 0 Å². The van der Waals surface area contributed by atoms with Crippen molar-refractivity contribution in [3.63, 3.8) is 0 Å². The molecule has 0 heterocycles. The van der Waals surface area contributed by atoms with Gasteiger partial charge in [0.1, 0.15) is 0 Å². The van der Waals surface area contributed by atoms with Crippen molar-refractivity contribution >= 4 is 40.5 Å². The number of hydrogen-bond donors (Lipinski definition) is 1. The van der Waals surface area contributed by atoms with E-state index in [1.54, 1.807) is 0 Å². The molecule has 0 unspecified atom stereocenters. The Hall–Kier alpha value is -2.52. The third kappa shape index (κ3) is 3.69. The average Bonchev–Trinajstić information content (AvgIpc) is 2.60. The van der Waals surface area contributed by atoms with Crippen molar-refractivity contribution in [3.05, 3.63) is 72.3 Å². The second-order valence-electron chi connectivity index (χ2n) is 5.55. The molecule has 124 valence electrons. The zero-order valence-corrected chi connectivity index (χ0v) is 14.8. The molecule has 2 N–H and O–H groups in total. The van der Waals surface area contributed by atoms with E-state index >= 15 is 0 Å². The van der Waals surface area contributed by atoms with Gasteiger partial charge in [-0.05, 0) is 35.6 Å². The number of fused-ring (bicyclic) bond motifs is 1. The summed E-state index contributed by atoms with van der Waals surface area (Å²) in [5.74, 6) is 0.481. The Morgan fingerprint density at radius 1 is 1.00 bits per heavy atom. The van der Waals surface area contributed by atoms with Gasteiger partial charge in [-0.3, -0.25) is 0 Å². The van der Waals surface area contributed by atoms with Crippen LogP contribution in [0.3, 0.4) is 0 Å². The number of aliphatic imine (C=N–C) groups is 1. The molecule has 3 aromatic rings. The number of rotatable bonds is 3. The maximum Gasteiger partial charge on any atom is 0.200 e. The van der Waals surface area contributed by atoms with Gasteiger partial charge in [0.15, 0.2) is 0 Å². The third-order valence-corrected chi connectivity index (χ3v) is 4.03. The van der Waals surface area contributed by atoms with Gasteiger partial charge >= 0.3 is 0 Å². The van der Waals surface area contributed by atoms with Gasteiger partial charge in [-0.15, -0.1) is 12.4 Å². The minimum Gasteiger partial charge on any atom is -0.369 e. The van der Waals surface area contributed by atoms with Crippen LogP contribution >= 0.6 is 12.4 Å². The van der Waals surface area contributed by atoms with Crippen LogP contribution in [0.15, 0.2) is 71.7 Å². The predicted molar refractivity (Wildman–Crippen MR) is 107 cm³/mol. The zero-order valence-electron chi connectivity index (χ0n) is 13.9. The van der Waals surface area contributed by atoms with E-state index in [4.69, 9.17) is 5.73 Å². The van der Waals surface area contributed by atoms with E-state index < -0.39 is 0 Å². The highest BCUT2D eigenvalue weighted by molar-refractivity contribution is 6.04. The molecule has 0 aromatic heterocycles. The molecule has 3 aromatic carbocycles. The van der Waals surface area contributed by atoms with Gasteiger partial charge in [0.05, 0.1) is 11.4 Å². The van der Waals surface area contributed by atoms with Gasteiger partial charge in [-0.1, -0.05) is 55.5 Å². The molecule has 0 spiro atoms. The average molecular weight is 340 g/mol. The van der Waals surface area contributed by atoms with Gasteiger partial charge < -0.3 is 10.6 Å². The number of aryl methyl sites for hydroxylation is 1. The Morgan fingerprint density at radius 3 is 2.50 bits per heavy atom. The summed E-state index contributed by atoms with van der Waals surface area (Å²) in [6.45, 7) is 2.13. The maximum atomic E-state index is 6.24. The standard InChI is InChI=1S/C20H21N3.ClH/c1-3-15-8-6-11-17(14-15)22-20(21)23(2)19-13-7-10-16-9-4-5-12-18(16)19;/h4-14H,3H2,1-2H3,(H2,21,22);1H. The van der Waals surface area contributed by atoms with Crippen LogP contribution in [-0.2, 0) is 6.42 Å². The summed E-state index contributed by atoms with van der Waals surface area (Å²) in [7, 11) is 1.95. The van der Waals surface area contributed by atoms with Gasteiger partial charge in [0, 0.05) is 12.4 Å². The number of nitrogens with zero attached hydrogens (tertiary/aromatic N) is 2. The quantitative estimate of drug-likeness (QED) is 0.544. The second-order valence-corrected chi connectivity index (χ2v) is 5.55.